The SMILES string of the molecule is Oc1cccc(C2CCCN(C(C3=COC=CO3)C3=CCCC=C3OCc3ccccc3)C2)c1. The molecule has 34 heavy (non-hydrogen) atoms. The fourth-order valence-corrected chi connectivity index (χ4v) is 5.02. The second-order valence-electron chi connectivity index (χ2n) is 8.96. The van der Waals surface area contributed by atoms with Gasteiger partial charge in [-0.05, 0) is 67.5 Å². The molecular weight excluding hydrogens is 426 g/mol. The van der Waals surface area contributed by atoms with Crippen molar-refractivity contribution in [1.82, 2.24) is 4.90 Å². The summed E-state index contributed by atoms with van der Waals surface area (Å²) in [7, 11) is 0. The fraction of sp³-hybridized carbons (Fsp3) is 0.310. The van der Waals surface area contributed by atoms with Gasteiger partial charge in [0.1, 0.15) is 42.9 Å². The first-order valence-corrected chi connectivity index (χ1v) is 12.1. The molecule has 2 aromatic carbocycles. The number of phenolic OH excluding ortho intramolecular Hbond substituents is 1. The summed E-state index contributed by atoms with van der Waals surface area (Å²) in [5, 5.41) is 10.0. The summed E-state index contributed by atoms with van der Waals surface area (Å²) in [4.78, 5) is 2.46. The van der Waals surface area contributed by atoms with Crippen molar-refractivity contribution >= 4 is 0 Å². The molecule has 1 N–H and O–H groups in total. The third-order valence-corrected chi connectivity index (χ3v) is 6.63. The Balaban J connectivity index is 1.40. The van der Waals surface area contributed by atoms with Crippen molar-refractivity contribution in [2.45, 2.75) is 44.2 Å². The van der Waals surface area contributed by atoms with Crippen LogP contribution in [0.5, 0.6) is 5.75 Å². The van der Waals surface area contributed by atoms with Gasteiger partial charge < -0.3 is 19.3 Å². The number of rotatable bonds is 7. The second kappa shape index (κ2) is 10.7. The number of allylic oxidation sites excluding steroid dienone is 2. The minimum Gasteiger partial charge on any atom is -0.508 e. The summed E-state index contributed by atoms with van der Waals surface area (Å²) in [6.07, 6.45) is 13.4. The van der Waals surface area contributed by atoms with E-state index >= 15 is 0 Å². The molecule has 3 aliphatic rings. The monoisotopic (exact) mass is 457 g/mol. The van der Waals surface area contributed by atoms with Crippen LogP contribution in [0, 0.1) is 0 Å². The largest absolute Gasteiger partial charge is 0.508 e. The highest BCUT2D eigenvalue weighted by Crippen LogP contribution is 2.37. The molecule has 2 aliphatic heterocycles. The zero-order valence-electron chi connectivity index (χ0n) is 19.3. The molecule has 0 amide bonds. The lowest BCUT2D eigenvalue weighted by molar-refractivity contribution is 0.123. The summed E-state index contributed by atoms with van der Waals surface area (Å²) in [5.41, 5.74) is 3.45. The van der Waals surface area contributed by atoms with Crippen LogP contribution in [0.1, 0.15) is 42.7 Å². The van der Waals surface area contributed by atoms with Crippen LogP contribution in [-0.4, -0.2) is 29.1 Å². The Labute approximate surface area is 201 Å². The molecule has 5 heteroatoms. The van der Waals surface area contributed by atoms with Crippen molar-refractivity contribution in [3.05, 3.63) is 114 Å². The van der Waals surface area contributed by atoms with Crippen LogP contribution in [0.25, 0.3) is 0 Å². The topological polar surface area (TPSA) is 51.2 Å². The van der Waals surface area contributed by atoms with Crippen LogP contribution in [0.2, 0.25) is 0 Å². The normalized spacial score (nSPS) is 21.4. The van der Waals surface area contributed by atoms with E-state index in [-0.39, 0.29) is 6.04 Å². The van der Waals surface area contributed by atoms with Crippen molar-refractivity contribution in [1.29, 1.82) is 0 Å². The number of likely N-dealkylation sites (tertiary alicyclic amines) is 1. The fourth-order valence-electron chi connectivity index (χ4n) is 5.02. The van der Waals surface area contributed by atoms with Crippen molar-refractivity contribution in [3.63, 3.8) is 0 Å². The quantitative estimate of drug-likeness (QED) is 0.543. The average Bonchev–Trinajstić information content (AvgIpc) is 2.90. The van der Waals surface area contributed by atoms with Gasteiger partial charge in [-0.2, -0.15) is 0 Å². The van der Waals surface area contributed by atoms with Crippen molar-refractivity contribution < 1.29 is 19.3 Å². The maximum absolute atomic E-state index is 10.0. The highest BCUT2D eigenvalue weighted by atomic mass is 16.5. The van der Waals surface area contributed by atoms with Crippen molar-refractivity contribution in [3.8, 4) is 5.75 Å². The van der Waals surface area contributed by atoms with E-state index in [1.165, 1.54) is 5.56 Å². The summed E-state index contributed by atoms with van der Waals surface area (Å²) in [6, 6.07) is 17.8. The average molecular weight is 458 g/mol. The Hall–Kier alpha value is -3.44. The Morgan fingerprint density at radius 2 is 1.91 bits per heavy atom. The maximum atomic E-state index is 10.0. The number of ether oxygens (including phenoxy) is 3. The molecule has 1 fully saturated rings. The number of hydrogen-bond acceptors (Lipinski definition) is 5. The van der Waals surface area contributed by atoms with Crippen LogP contribution >= 0.6 is 0 Å². The van der Waals surface area contributed by atoms with Gasteiger partial charge in [0.15, 0.2) is 5.76 Å². The third kappa shape index (κ3) is 5.20. The standard InChI is InChI=1S/C29H31NO4/c31-25-12-6-10-23(18-25)24-11-7-15-30(19-24)29(28-21-32-16-17-33-28)26-13-4-5-14-27(26)34-20-22-8-2-1-3-9-22/h1-3,6,8-10,12-14,16-18,21,24,29,31H,4-5,7,11,15,19-20H2. The van der Waals surface area contributed by atoms with Gasteiger partial charge >= 0.3 is 0 Å². The molecule has 2 atom stereocenters. The molecule has 176 valence electrons. The summed E-state index contributed by atoms with van der Waals surface area (Å²) in [5.74, 6) is 2.34. The Bertz CT molecular complexity index is 1100. The van der Waals surface area contributed by atoms with E-state index in [2.05, 4.69) is 35.3 Å². The zero-order valence-corrected chi connectivity index (χ0v) is 19.3. The molecule has 2 unspecified atom stereocenters. The molecular formula is C29H31NO4. The van der Waals surface area contributed by atoms with Gasteiger partial charge in [0, 0.05) is 12.1 Å². The van der Waals surface area contributed by atoms with Crippen LogP contribution in [0.4, 0.5) is 0 Å². The first-order valence-electron chi connectivity index (χ1n) is 12.1. The molecule has 1 saturated heterocycles. The summed E-state index contributed by atoms with van der Waals surface area (Å²) in [6.45, 7) is 2.34. The van der Waals surface area contributed by atoms with E-state index < -0.39 is 0 Å². The summed E-state index contributed by atoms with van der Waals surface area (Å²) < 4.78 is 17.9. The van der Waals surface area contributed by atoms with Crippen molar-refractivity contribution in [2.75, 3.05) is 13.1 Å². The molecule has 2 aromatic rings. The van der Waals surface area contributed by atoms with Gasteiger partial charge in [0.25, 0.3) is 0 Å². The maximum Gasteiger partial charge on any atom is 0.160 e. The Morgan fingerprint density at radius 1 is 1.03 bits per heavy atom. The van der Waals surface area contributed by atoms with E-state index in [0.717, 1.165) is 61.4 Å². The van der Waals surface area contributed by atoms with Gasteiger partial charge in [0.05, 0.1) is 0 Å². The van der Waals surface area contributed by atoms with Gasteiger partial charge in [-0.1, -0.05) is 48.5 Å². The second-order valence-corrected chi connectivity index (χ2v) is 8.96. The lowest BCUT2D eigenvalue weighted by atomic mass is 9.87. The molecule has 0 bridgehead atoms. The zero-order chi connectivity index (χ0) is 23.2. The van der Waals surface area contributed by atoms with E-state index in [1.54, 1.807) is 24.9 Å². The number of hydrogen-bond donors (Lipinski definition) is 1. The van der Waals surface area contributed by atoms with E-state index in [0.29, 0.717) is 18.3 Å². The third-order valence-electron chi connectivity index (χ3n) is 6.63. The summed E-state index contributed by atoms with van der Waals surface area (Å²) >= 11 is 0. The van der Waals surface area contributed by atoms with Gasteiger partial charge in [-0.3, -0.25) is 4.90 Å². The molecule has 0 spiro atoms. The lowest BCUT2D eigenvalue weighted by Gasteiger charge is -2.40. The molecule has 5 nitrogen and oxygen atoms in total. The molecule has 2 heterocycles. The predicted octanol–water partition coefficient (Wildman–Crippen LogP) is 6.12. The van der Waals surface area contributed by atoms with Crippen LogP contribution in [0.3, 0.4) is 0 Å². The predicted molar refractivity (Wildman–Crippen MR) is 131 cm³/mol. The Morgan fingerprint density at radius 3 is 2.74 bits per heavy atom. The minimum absolute atomic E-state index is 0.104. The number of piperidine rings is 1. The van der Waals surface area contributed by atoms with Crippen molar-refractivity contribution in [2.24, 2.45) is 0 Å². The number of nitrogens with zero attached hydrogens (tertiary/aromatic N) is 1. The van der Waals surface area contributed by atoms with Gasteiger partial charge in [-0.15, -0.1) is 0 Å². The number of aromatic hydroxyl groups is 1. The number of benzene rings is 2. The lowest BCUT2D eigenvalue weighted by Crippen LogP contribution is -2.45. The van der Waals surface area contributed by atoms with Crippen LogP contribution < -0.4 is 0 Å². The smallest absolute Gasteiger partial charge is 0.160 e. The number of phenols is 1. The van der Waals surface area contributed by atoms with E-state index in [4.69, 9.17) is 14.2 Å². The van der Waals surface area contributed by atoms with E-state index in [1.807, 2.05) is 30.3 Å². The van der Waals surface area contributed by atoms with Crippen LogP contribution in [-0.2, 0) is 20.8 Å². The molecule has 5 rings (SSSR count). The molecule has 0 aromatic heterocycles. The highest BCUT2D eigenvalue weighted by Gasteiger charge is 2.35. The molecule has 0 saturated carbocycles. The first-order chi connectivity index (χ1) is 16.8. The Kier molecular flexibility index (Phi) is 7.01. The molecule has 0 radical (unpaired) electrons. The first kappa shape index (κ1) is 22.4. The molecule has 1 aliphatic carbocycles. The van der Waals surface area contributed by atoms with E-state index in [9.17, 15) is 5.11 Å². The minimum atomic E-state index is -0.104. The van der Waals surface area contributed by atoms with Gasteiger partial charge in [-0.25, -0.2) is 0 Å². The van der Waals surface area contributed by atoms with Crippen LogP contribution in [0.15, 0.2) is 103 Å². The van der Waals surface area contributed by atoms with Gasteiger partial charge in [0.2, 0.25) is 0 Å². The highest BCUT2D eigenvalue weighted by molar-refractivity contribution is 5.40.